The quantitative estimate of drug-likeness (QED) is 0.00554. The predicted octanol–water partition coefficient (Wildman–Crippen LogP) is 13.9. The van der Waals surface area contributed by atoms with E-state index in [0.717, 1.165) is 104 Å². The number of halogens is 16. The van der Waals surface area contributed by atoms with Crippen LogP contribution in [0.1, 0.15) is 146 Å². The number of benzene rings is 5. The van der Waals surface area contributed by atoms with Crippen molar-refractivity contribution in [2.45, 2.75) is 190 Å². The van der Waals surface area contributed by atoms with Crippen LogP contribution in [-0.2, 0) is 124 Å². The van der Waals surface area contributed by atoms with E-state index in [4.69, 9.17) is 38.9 Å². The molecule has 0 aliphatic carbocycles. The molecule has 0 radical (unpaired) electrons. The first-order valence-electron chi connectivity index (χ1n) is 42.4. The summed E-state index contributed by atoms with van der Waals surface area (Å²) in [5, 5.41) is 15.8. The minimum atomic E-state index is -4.43. The van der Waals surface area contributed by atoms with Crippen LogP contribution in [0.4, 0.5) is 65.9 Å². The Bertz CT molecular complexity index is 5120. The smallest absolute Gasteiger partial charge is 0.416 e. The summed E-state index contributed by atoms with van der Waals surface area (Å²) >= 11 is 3.15. The molecule has 5 saturated heterocycles. The number of sulfonamides is 5. The zero-order valence-corrected chi connectivity index (χ0v) is 82.0. The molecule has 2 unspecified atom stereocenters. The molecule has 0 spiro atoms. The number of amides is 2. The van der Waals surface area contributed by atoms with Gasteiger partial charge in [0.15, 0.2) is 21.2 Å². The molecular weight excluding hydrogens is 2060 g/mol. The molecule has 782 valence electrons. The van der Waals surface area contributed by atoms with Gasteiger partial charge in [0, 0.05) is 70.8 Å². The van der Waals surface area contributed by atoms with Gasteiger partial charge in [0.05, 0.1) is 49.1 Å². The number of alkyl halides is 16. The number of allylic oxidation sites excluding steroid dienone is 2. The van der Waals surface area contributed by atoms with Crippen LogP contribution >= 0.6 is 15.9 Å². The number of nitrogens with zero attached hydrogens (tertiary/aromatic N) is 5. The lowest BCUT2D eigenvalue weighted by Crippen LogP contribution is -2.49. The molecule has 5 heterocycles. The Kier molecular flexibility index (Phi) is 48.4. The van der Waals surface area contributed by atoms with E-state index in [1.54, 1.807) is 6.92 Å². The van der Waals surface area contributed by atoms with Gasteiger partial charge in [0.2, 0.25) is 50.1 Å². The number of carbonyl (C=O) groups is 6. The Morgan fingerprint density at radius 3 is 0.813 bits per heavy atom. The molecule has 139 heavy (non-hydrogen) atoms. The highest BCUT2D eigenvalue weighted by Crippen LogP contribution is 2.38. The third-order valence-electron chi connectivity index (χ3n) is 20.9. The van der Waals surface area contributed by atoms with Crippen LogP contribution < -0.4 is 34.6 Å². The van der Waals surface area contributed by atoms with Gasteiger partial charge >= 0.3 is 48.8 Å². The number of carbonyl (C=O) groups excluding carboxylic acids is 6. The minimum absolute atomic E-state index is 0.0106. The van der Waals surface area contributed by atoms with E-state index >= 15 is 0 Å². The van der Waals surface area contributed by atoms with Gasteiger partial charge in [-0.2, -0.15) is 74.5 Å². The fourth-order valence-electron chi connectivity index (χ4n) is 13.7. The molecule has 54 heteroatoms. The second-order valence-corrected chi connectivity index (χ2v) is 41.3. The number of hydroxylamine groups is 2. The van der Waals surface area contributed by atoms with E-state index in [-0.39, 0.29) is 126 Å². The van der Waals surface area contributed by atoms with Crippen LogP contribution in [0.5, 0.6) is 28.7 Å². The van der Waals surface area contributed by atoms with Gasteiger partial charge in [-0.3, -0.25) is 29.6 Å². The second-order valence-electron chi connectivity index (χ2n) is 30.2. The third kappa shape index (κ3) is 37.7. The summed E-state index contributed by atoms with van der Waals surface area (Å²) in [6.07, 6.45) is -17.1. The molecule has 10 rings (SSSR count). The highest BCUT2D eigenvalue weighted by molar-refractivity contribution is 9.09. The summed E-state index contributed by atoms with van der Waals surface area (Å²) in [5.74, 6) is -3.96. The van der Waals surface area contributed by atoms with Gasteiger partial charge in [-0.25, -0.2) is 70.8 Å². The highest BCUT2D eigenvalue weighted by Gasteiger charge is 2.44. The molecular formula is C85H109BrF15N7O26S5. The van der Waals surface area contributed by atoms with Crippen LogP contribution in [0.25, 0.3) is 0 Å². The standard InChI is InChI=1S/C17H22F3NO5S.C17H20F3NO5S.C16H21F3N2O5S.C16H19F3N2O5S.C15H18F3NO5S.C2H5Br.C2H4O/c2*1-3-15(16(22)25-2)27(23,24)21-10-8-14(9-11-21)26-13-6-4-12(5-7-13)17(18,19)20;2*1-2-14(15(22)20-23)27(24,25)21-9-7-13(8-10-21)26-12-5-3-11(4-6-12)16(17,18)19;1-23-14(20)10-25(21,22)19-8-6-13(7-9-19)24-12-4-2-11(3-5-12)15(16,17)18;2*1-2-3/h4-7,14-15H,3,8-11H2,1-2H3;3-7,14H,8-11H2,1-2H3;3-6,13-14,23H,2,7-10H2,1H3,(H,20,22);2-6,13,23H,7-10H2,1H3,(H,20,22);2-5,13H,6-10H2,1H3;2H2,1H3;2H,1H3/b;15-3+;;14-2+;;;. The Labute approximate surface area is 803 Å². The van der Waals surface area contributed by atoms with Gasteiger partial charge in [0.1, 0.15) is 70.5 Å². The van der Waals surface area contributed by atoms with Crippen LogP contribution in [0.2, 0.25) is 0 Å². The summed E-state index contributed by atoms with van der Waals surface area (Å²) in [5.41, 5.74) is -1.17. The van der Waals surface area contributed by atoms with E-state index in [1.807, 2.05) is 6.92 Å². The molecule has 5 aromatic rings. The van der Waals surface area contributed by atoms with Crippen molar-refractivity contribution in [1.82, 2.24) is 32.5 Å². The van der Waals surface area contributed by atoms with Crippen molar-refractivity contribution in [3.63, 3.8) is 0 Å². The fraction of sp³-hybridized carbons (Fsp3) is 0.529. The summed E-state index contributed by atoms with van der Waals surface area (Å²) in [4.78, 5) is 65.4. The zero-order chi connectivity index (χ0) is 105. The molecule has 2 atom stereocenters. The second kappa shape index (κ2) is 55.2. The van der Waals surface area contributed by atoms with Crippen LogP contribution in [0.3, 0.4) is 0 Å². The largest absolute Gasteiger partial charge is 0.490 e. The number of hydrogen-bond acceptors (Lipinski definition) is 26. The fourth-order valence-corrected chi connectivity index (χ4v) is 21.8. The Hall–Kier alpha value is -9.50. The van der Waals surface area contributed by atoms with Crippen LogP contribution in [0, 0.1) is 0 Å². The third-order valence-corrected chi connectivity index (χ3v) is 31.3. The van der Waals surface area contributed by atoms with E-state index in [9.17, 15) is 132 Å². The van der Waals surface area contributed by atoms with E-state index in [2.05, 4.69) is 30.1 Å². The maximum atomic E-state index is 12.6. The van der Waals surface area contributed by atoms with E-state index < -0.39 is 165 Å². The SMILES string of the molecule is C/C=C(\C(=O)NO)S(=O)(=O)N1CCC(Oc2ccc(C(F)(F)F)cc2)CC1.C/C=C(\C(=O)OC)S(=O)(=O)N1CCC(Oc2ccc(C(F)(F)F)cc2)CC1.CC=O.CCBr.CCC(C(=O)NO)S(=O)(=O)N1CCC(Oc2ccc(C(F)(F)F)cc2)CC1.CCC(C(=O)OC)S(=O)(=O)N1CCC(Oc2ccc(C(F)(F)F)cc2)CC1.COC(=O)CS(=O)(=O)N1CCC(Oc2ccc(C(F)(F)F)cc2)CC1. The topological polar surface area (TPSA) is 428 Å². The normalized spacial score (nSPS) is 17.2. The highest BCUT2D eigenvalue weighted by atomic mass is 79.9. The first-order chi connectivity index (χ1) is 64.8. The Balaban J connectivity index is 0.000000357. The van der Waals surface area contributed by atoms with Gasteiger partial charge in [-0.15, -0.1) is 0 Å². The Morgan fingerprint density at radius 1 is 0.381 bits per heavy atom. The zero-order valence-electron chi connectivity index (χ0n) is 76.3. The summed E-state index contributed by atoms with van der Waals surface area (Å²) in [7, 11) is -16.2. The van der Waals surface area contributed by atoms with Crippen molar-refractivity contribution >= 4 is 102 Å². The molecule has 5 aliphatic heterocycles. The van der Waals surface area contributed by atoms with E-state index in [0.29, 0.717) is 75.7 Å². The maximum absolute atomic E-state index is 12.6. The monoisotopic (exact) mass is 2170 g/mol. The lowest BCUT2D eigenvalue weighted by molar-refractivity contribution is -0.140. The number of hydrogen-bond donors (Lipinski definition) is 4. The van der Waals surface area contributed by atoms with Crippen LogP contribution in [0.15, 0.2) is 143 Å². The van der Waals surface area contributed by atoms with Crippen molar-refractivity contribution in [3.8, 4) is 28.7 Å². The molecule has 0 bridgehead atoms. The Morgan fingerprint density at radius 2 is 0.612 bits per heavy atom. The molecule has 5 aliphatic rings. The van der Waals surface area contributed by atoms with Gasteiger partial charge < -0.3 is 42.7 Å². The summed E-state index contributed by atoms with van der Waals surface area (Å²) in [6, 6.07) is 21.6. The molecule has 4 N–H and O–H groups in total. The lowest BCUT2D eigenvalue weighted by Gasteiger charge is -2.33. The predicted molar refractivity (Wildman–Crippen MR) is 476 cm³/mol. The molecule has 5 fully saturated rings. The van der Waals surface area contributed by atoms with E-state index in [1.165, 1.54) is 123 Å². The minimum Gasteiger partial charge on any atom is -0.490 e. The van der Waals surface area contributed by atoms with Gasteiger partial charge in [0.25, 0.3) is 11.8 Å². The van der Waals surface area contributed by atoms with Gasteiger partial charge in [-0.05, 0) is 219 Å². The number of methoxy groups -OCH3 is 3. The number of ether oxygens (including phenoxy) is 8. The van der Waals surface area contributed by atoms with Crippen LogP contribution in [-0.4, -0.2) is 249 Å². The molecule has 5 aromatic carbocycles. The number of esters is 3. The van der Waals surface area contributed by atoms with Crippen molar-refractivity contribution in [3.05, 3.63) is 171 Å². The average molecular weight is 2170 g/mol. The van der Waals surface area contributed by atoms with Crippen molar-refractivity contribution in [1.29, 1.82) is 0 Å². The van der Waals surface area contributed by atoms with Gasteiger partial charge in [-0.1, -0.05) is 48.9 Å². The van der Waals surface area contributed by atoms with Crippen molar-refractivity contribution < 1.29 is 185 Å². The summed E-state index contributed by atoms with van der Waals surface area (Å²) < 4.78 is 360. The molecule has 0 aromatic heterocycles. The molecule has 2 amide bonds. The molecule has 33 nitrogen and oxygen atoms in total. The first kappa shape index (κ1) is 122. The average Bonchev–Trinajstić information content (AvgIpc) is 0.807. The van der Waals surface area contributed by atoms with Crippen molar-refractivity contribution in [2.24, 2.45) is 0 Å². The summed E-state index contributed by atoms with van der Waals surface area (Å²) in [6.45, 7) is 10.7. The lowest BCUT2D eigenvalue weighted by atomic mass is 10.1. The maximum Gasteiger partial charge on any atom is 0.416 e. The number of nitrogens with one attached hydrogen (secondary N) is 2. The first-order valence-corrected chi connectivity index (χ1v) is 51.0. The number of piperidine rings is 5. The number of rotatable bonds is 27. The van der Waals surface area contributed by atoms with Crippen molar-refractivity contribution in [2.75, 3.05) is 97.9 Å². The molecule has 0 saturated carbocycles. The number of aldehydes is 1.